The van der Waals surface area contributed by atoms with Crippen molar-refractivity contribution in [1.29, 1.82) is 0 Å². The molecule has 2 amide bonds. The number of rotatable bonds is 9. The normalized spacial score (nSPS) is 16.1. The number of halogens is 1. The Bertz CT molecular complexity index is 1160. The van der Waals surface area contributed by atoms with Crippen molar-refractivity contribution in [2.24, 2.45) is 0 Å². The van der Waals surface area contributed by atoms with Crippen LogP contribution in [0.3, 0.4) is 0 Å². The number of carbonyl (C=O) groups excluding carboxylic acids is 2. The van der Waals surface area contributed by atoms with Crippen LogP contribution >= 0.6 is 0 Å². The maximum absolute atomic E-state index is 14.2. The number of ether oxygens (including phenoxy) is 2. The fourth-order valence-electron chi connectivity index (χ4n) is 4.14. The topological polar surface area (TPSA) is 72.0 Å². The number of methoxy groups -OCH3 is 1. The third-order valence-corrected chi connectivity index (χ3v) is 6.17. The van der Waals surface area contributed by atoms with Gasteiger partial charge in [0.15, 0.2) is 0 Å². The van der Waals surface area contributed by atoms with E-state index < -0.39 is 6.10 Å². The fourth-order valence-corrected chi connectivity index (χ4v) is 4.14. The monoisotopic (exact) mass is 491 g/mol. The summed E-state index contributed by atoms with van der Waals surface area (Å²) in [5.41, 5.74) is 2.19. The molecule has 8 heteroatoms. The molecular formula is C28H30FN3O4. The second-order valence-corrected chi connectivity index (χ2v) is 8.74. The number of nitrogens with zero attached hydrogens (tertiary/aromatic N) is 3. The van der Waals surface area contributed by atoms with Gasteiger partial charge >= 0.3 is 0 Å². The van der Waals surface area contributed by atoms with Crippen molar-refractivity contribution in [1.82, 2.24) is 14.8 Å². The lowest BCUT2D eigenvalue weighted by molar-refractivity contribution is -0.139. The van der Waals surface area contributed by atoms with Gasteiger partial charge in [0.2, 0.25) is 11.8 Å². The van der Waals surface area contributed by atoms with Gasteiger partial charge in [-0.05, 0) is 42.3 Å². The molecule has 4 rings (SSSR count). The average molecular weight is 492 g/mol. The van der Waals surface area contributed by atoms with E-state index in [4.69, 9.17) is 9.47 Å². The molecule has 1 aliphatic heterocycles. The first-order chi connectivity index (χ1) is 17.5. The molecule has 2 heterocycles. The van der Waals surface area contributed by atoms with Crippen molar-refractivity contribution in [3.8, 4) is 5.75 Å². The van der Waals surface area contributed by atoms with Crippen molar-refractivity contribution in [2.45, 2.75) is 32.1 Å². The van der Waals surface area contributed by atoms with Crippen molar-refractivity contribution in [2.75, 3.05) is 26.7 Å². The van der Waals surface area contributed by atoms with Gasteiger partial charge in [-0.1, -0.05) is 36.4 Å². The highest BCUT2D eigenvalue weighted by atomic mass is 19.1. The fraction of sp³-hybridized carbons (Fsp3) is 0.321. The van der Waals surface area contributed by atoms with Crippen LogP contribution in [0.15, 0.2) is 72.9 Å². The molecule has 188 valence electrons. The standard InChI is InChI=1S/C28H30FN3O4/c1-35-24-12-9-21(10-13-24)16-31-17-25(36-20-22-6-2-3-8-26(22)29)18-32(19-28(31)34)27(33)14-11-23-7-4-5-15-30-23/h2-10,12-13,15,25H,11,14,16-20H2,1H3/t25-/m0/s1. The van der Waals surface area contributed by atoms with E-state index in [1.165, 1.54) is 6.07 Å². The molecule has 0 saturated carbocycles. The van der Waals surface area contributed by atoms with Gasteiger partial charge in [0.1, 0.15) is 11.6 Å². The smallest absolute Gasteiger partial charge is 0.242 e. The van der Waals surface area contributed by atoms with Gasteiger partial charge in [-0.2, -0.15) is 0 Å². The molecule has 0 spiro atoms. The Labute approximate surface area is 210 Å². The van der Waals surface area contributed by atoms with Crippen molar-refractivity contribution in [3.05, 3.63) is 95.6 Å². The largest absolute Gasteiger partial charge is 0.497 e. The number of benzene rings is 2. The average Bonchev–Trinajstić information content (AvgIpc) is 3.06. The summed E-state index contributed by atoms with van der Waals surface area (Å²) < 4.78 is 25.4. The van der Waals surface area contributed by atoms with Crippen LogP contribution in [-0.4, -0.2) is 59.4 Å². The molecule has 0 N–H and O–H groups in total. The Morgan fingerprint density at radius 3 is 2.56 bits per heavy atom. The lowest BCUT2D eigenvalue weighted by atomic mass is 10.2. The van der Waals surface area contributed by atoms with Gasteiger partial charge in [-0.3, -0.25) is 14.6 Å². The van der Waals surface area contributed by atoms with Gasteiger partial charge in [-0.15, -0.1) is 0 Å². The molecule has 0 radical (unpaired) electrons. The number of aryl methyl sites for hydroxylation is 1. The highest BCUT2D eigenvalue weighted by Gasteiger charge is 2.31. The summed E-state index contributed by atoms with van der Waals surface area (Å²) in [7, 11) is 1.60. The highest BCUT2D eigenvalue weighted by Crippen LogP contribution is 2.18. The zero-order valence-electron chi connectivity index (χ0n) is 20.3. The van der Waals surface area contributed by atoms with Crippen molar-refractivity contribution in [3.63, 3.8) is 0 Å². The van der Waals surface area contributed by atoms with Gasteiger partial charge in [0.05, 0.1) is 26.4 Å². The zero-order chi connectivity index (χ0) is 25.3. The van der Waals surface area contributed by atoms with E-state index in [0.717, 1.165) is 17.0 Å². The van der Waals surface area contributed by atoms with Gasteiger partial charge in [0, 0.05) is 43.5 Å². The molecule has 36 heavy (non-hydrogen) atoms. The van der Waals surface area contributed by atoms with E-state index in [0.29, 0.717) is 25.1 Å². The molecule has 2 aromatic carbocycles. The molecule has 1 saturated heterocycles. The van der Waals surface area contributed by atoms with Crippen LogP contribution in [0.2, 0.25) is 0 Å². The van der Waals surface area contributed by atoms with E-state index in [1.54, 1.807) is 41.3 Å². The van der Waals surface area contributed by atoms with Crippen LogP contribution in [0.25, 0.3) is 0 Å². The summed E-state index contributed by atoms with van der Waals surface area (Å²) in [5.74, 6) is 0.0890. The molecule has 1 fully saturated rings. The predicted molar refractivity (Wildman–Crippen MR) is 133 cm³/mol. The molecule has 1 atom stereocenters. The first kappa shape index (κ1) is 25.3. The van der Waals surface area contributed by atoms with Crippen molar-refractivity contribution >= 4 is 11.8 Å². The van der Waals surface area contributed by atoms with E-state index in [-0.39, 0.29) is 43.7 Å². The number of hydrogen-bond acceptors (Lipinski definition) is 5. The minimum Gasteiger partial charge on any atom is -0.497 e. The van der Waals surface area contributed by atoms with E-state index in [2.05, 4.69) is 4.98 Å². The van der Waals surface area contributed by atoms with Crippen LogP contribution in [-0.2, 0) is 33.9 Å². The molecule has 0 aliphatic carbocycles. The van der Waals surface area contributed by atoms with Crippen LogP contribution in [0, 0.1) is 5.82 Å². The molecule has 3 aromatic rings. The summed E-state index contributed by atoms with van der Waals surface area (Å²) >= 11 is 0. The Kier molecular flexibility index (Phi) is 8.62. The molecule has 1 aliphatic rings. The van der Waals surface area contributed by atoms with Gasteiger partial charge in [-0.25, -0.2) is 4.39 Å². The van der Waals surface area contributed by atoms with Crippen LogP contribution in [0.4, 0.5) is 4.39 Å². The van der Waals surface area contributed by atoms with Gasteiger partial charge in [0.25, 0.3) is 0 Å². The number of aromatic nitrogens is 1. The second-order valence-electron chi connectivity index (χ2n) is 8.74. The van der Waals surface area contributed by atoms with Crippen LogP contribution in [0.5, 0.6) is 5.75 Å². The van der Waals surface area contributed by atoms with Crippen LogP contribution in [0.1, 0.15) is 23.2 Å². The minimum absolute atomic E-state index is 0.0310. The first-order valence-electron chi connectivity index (χ1n) is 11.9. The molecule has 1 aromatic heterocycles. The number of pyridine rings is 1. The molecule has 0 bridgehead atoms. The number of carbonyl (C=O) groups is 2. The minimum atomic E-state index is -0.465. The summed E-state index contributed by atoms with van der Waals surface area (Å²) in [4.78, 5) is 33.8. The number of amides is 2. The highest BCUT2D eigenvalue weighted by molar-refractivity contribution is 5.85. The quantitative estimate of drug-likeness (QED) is 0.457. The van der Waals surface area contributed by atoms with Crippen LogP contribution < -0.4 is 4.74 Å². The maximum Gasteiger partial charge on any atom is 0.242 e. The second kappa shape index (κ2) is 12.3. The van der Waals surface area contributed by atoms with E-state index in [1.807, 2.05) is 42.5 Å². The SMILES string of the molecule is COc1ccc(CN2C[C@H](OCc3ccccc3F)CN(C(=O)CCc3ccccn3)CC2=O)cc1. The lowest BCUT2D eigenvalue weighted by Gasteiger charge is -2.25. The summed E-state index contributed by atoms with van der Waals surface area (Å²) in [5, 5.41) is 0. The molecule has 7 nitrogen and oxygen atoms in total. The Morgan fingerprint density at radius 2 is 1.83 bits per heavy atom. The summed E-state index contributed by atoms with van der Waals surface area (Å²) in [6.07, 6.45) is 1.95. The van der Waals surface area contributed by atoms with E-state index >= 15 is 0 Å². The third kappa shape index (κ3) is 6.88. The molecule has 0 unspecified atom stereocenters. The van der Waals surface area contributed by atoms with Gasteiger partial charge < -0.3 is 19.3 Å². The van der Waals surface area contributed by atoms with E-state index in [9.17, 15) is 14.0 Å². The Balaban J connectivity index is 1.47. The first-order valence-corrected chi connectivity index (χ1v) is 11.9. The lowest BCUT2D eigenvalue weighted by Crippen LogP contribution is -2.39. The maximum atomic E-state index is 14.2. The zero-order valence-corrected chi connectivity index (χ0v) is 20.3. The molecular weight excluding hydrogens is 461 g/mol. The predicted octanol–water partition coefficient (Wildman–Crippen LogP) is 3.62. The van der Waals surface area contributed by atoms with Crippen molar-refractivity contribution < 1.29 is 23.5 Å². The Morgan fingerprint density at radius 1 is 1.06 bits per heavy atom. The Hall–Kier alpha value is -3.78. The third-order valence-electron chi connectivity index (χ3n) is 6.17. The summed E-state index contributed by atoms with van der Waals surface area (Å²) in [6, 6.07) is 19.5. The summed E-state index contributed by atoms with van der Waals surface area (Å²) in [6.45, 7) is 0.941. The number of hydrogen-bond donors (Lipinski definition) is 0.